The Labute approximate surface area is 337 Å². The molecule has 7 rings (SSSR count). The van der Waals surface area contributed by atoms with E-state index in [2.05, 4.69) is 165 Å². The van der Waals surface area contributed by atoms with E-state index in [0.717, 1.165) is 0 Å². The van der Waals surface area contributed by atoms with Crippen molar-refractivity contribution in [1.29, 1.82) is 0 Å². The zero-order valence-corrected chi connectivity index (χ0v) is 37.4. The van der Waals surface area contributed by atoms with Crippen molar-refractivity contribution in [2.45, 2.75) is 72.8 Å². The molecule has 2 N–H and O–H groups in total. The molecule has 274 valence electrons. The first kappa shape index (κ1) is 42.7. The van der Waals surface area contributed by atoms with Gasteiger partial charge in [-0.1, -0.05) is 158 Å². The summed E-state index contributed by atoms with van der Waals surface area (Å²) in [5.41, 5.74) is 11.1. The van der Waals surface area contributed by atoms with Gasteiger partial charge >= 0.3 is 46.4 Å². The van der Waals surface area contributed by atoms with Crippen LogP contribution in [0.3, 0.4) is 0 Å². The van der Waals surface area contributed by atoms with Gasteiger partial charge in [-0.25, -0.2) is 0 Å². The zero-order chi connectivity index (χ0) is 39.0. The fourth-order valence-corrected chi connectivity index (χ4v) is 7.15. The maximum atomic E-state index is 9.18. The van der Waals surface area contributed by atoms with Gasteiger partial charge in [0.2, 0.25) is 0 Å². The predicted molar refractivity (Wildman–Crippen MR) is 231 cm³/mol. The Hall–Kier alpha value is -3.08. The normalized spacial score (nSPS) is 11.4. The first-order valence-electron chi connectivity index (χ1n) is 17.9. The molecule has 0 aliphatic carbocycles. The van der Waals surface area contributed by atoms with Gasteiger partial charge in [0.25, 0.3) is 0 Å². The molecule has 0 bridgehead atoms. The number of fused-ring (bicyclic) bond motifs is 2. The number of rotatable bonds is 3. The molecule has 0 aliphatic heterocycles. The van der Waals surface area contributed by atoms with E-state index in [0.29, 0.717) is 5.19 Å². The molecule has 0 radical (unpaired) electrons. The number of aryl methyl sites for hydroxylation is 2. The standard InChI is InChI=1S/2C20H21.C7H10O2Si.2ClH.Zr/c2*1-14-12-16-6-5-7-18(19(16)13-14)15-8-10-17(11-9-15)20(2,3)4;1-10(8,9)7-5-3-2-4-6-7;;;/h2*5-13H,1-4H3;2-6,8-9H,1H3;2*1H;/q2*-1;;;;+4/p-2. The number of benzene rings is 5. The van der Waals surface area contributed by atoms with Crippen molar-refractivity contribution in [3.63, 3.8) is 0 Å². The Morgan fingerprint density at radius 3 is 1.19 bits per heavy atom. The van der Waals surface area contributed by atoms with Gasteiger partial charge < -0.3 is 9.59 Å². The monoisotopic (exact) mass is 836 g/mol. The molecule has 0 saturated carbocycles. The second-order valence-corrected chi connectivity index (χ2v) is 22.1. The average molecular weight is 839 g/mol. The van der Waals surface area contributed by atoms with E-state index in [9.17, 15) is 9.59 Å². The molecule has 0 fully saturated rings. The summed E-state index contributed by atoms with van der Waals surface area (Å²) in [5, 5.41) is 6.02. The number of hydrogen-bond donors (Lipinski definition) is 2. The molecule has 53 heavy (non-hydrogen) atoms. The van der Waals surface area contributed by atoms with Gasteiger partial charge in [-0.15, -0.1) is 69.1 Å². The quantitative estimate of drug-likeness (QED) is 0.137. The first-order chi connectivity index (χ1) is 24.9. The van der Waals surface area contributed by atoms with Crippen molar-refractivity contribution in [3.05, 3.63) is 162 Å². The molecular weight excluding hydrogens is 787 g/mol. The van der Waals surface area contributed by atoms with Gasteiger partial charge in [0.1, 0.15) is 0 Å². The Balaban J connectivity index is 0.000000180. The van der Waals surface area contributed by atoms with Gasteiger partial charge in [0.15, 0.2) is 0 Å². The van der Waals surface area contributed by atoms with Crippen LogP contribution >= 0.6 is 17.0 Å². The summed E-state index contributed by atoms with van der Waals surface area (Å²) < 4.78 is 0. The third-order valence-corrected chi connectivity index (χ3v) is 10.7. The fraction of sp³-hybridized carbons (Fsp3) is 0.234. The van der Waals surface area contributed by atoms with Crippen molar-refractivity contribution in [2.24, 2.45) is 0 Å². The summed E-state index contributed by atoms with van der Waals surface area (Å²) in [6.45, 7) is 19.3. The van der Waals surface area contributed by atoms with Crippen molar-refractivity contribution >= 4 is 52.3 Å². The fourth-order valence-electron chi connectivity index (χ4n) is 6.33. The molecular formula is C47H52Cl2O2SiZr. The summed E-state index contributed by atoms with van der Waals surface area (Å²) in [7, 11) is 6.83. The Morgan fingerprint density at radius 1 is 0.528 bits per heavy atom. The van der Waals surface area contributed by atoms with E-state index < -0.39 is 29.4 Å². The van der Waals surface area contributed by atoms with Crippen LogP contribution in [0.5, 0.6) is 0 Å². The van der Waals surface area contributed by atoms with Gasteiger partial charge in [0, 0.05) is 0 Å². The van der Waals surface area contributed by atoms with E-state index in [-0.39, 0.29) is 10.8 Å². The summed E-state index contributed by atoms with van der Waals surface area (Å²) >= 11 is -0.826. The van der Waals surface area contributed by atoms with Crippen LogP contribution < -0.4 is 5.19 Å². The van der Waals surface area contributed by atoms with E-state index in [1.165, 1.54) is 72.6 Å². The molecule has 7 aromatic rings. The molecule has 0 amide bonds. The summed E-state index contributed by atoms with van der Waals surface area (Å²) in [5.74, 6) is 0. The number of halogens is 2. The topological polar surface area (TPSA) is 40.5 Å². The predicted octanol–water partition coefficient (Wildman–Crippen LogP) is 13.0. The van der Waals surface area contributed by atoms with Crippen LogP contribution in [0.4, 0.5) is 0 Å². The molecule has 0 unspecified atom stereocenters. The Morgan fingerprint density at radius 2 is 0.887 bits per heavy atom. The minimum atomic E-state index is -3.03. The zero-order valence-electron chi connectivity index (χ0n) is 32.4. The van der Waals surface area contributed by atoms with Crippen LogP contribution in [0, 0.1) is 13.8 Å². The van der Waals surface area contributed by atoms with Gasteiger partial charge in [-0.05, 0) is 44.8 Å². The van der Waals surface area contributed by atoms with E-state index in [4.69, 9.17) is 17.0 Å². The van der Waals surface area contributed by atoms with E-state index in [1.807, 2.05) is 6.07 Å². The molecule has 0 aliphatic rings. The SMILES string of the molecule is C[Si](O)(O)c1ccccc1.Cc1cc2c(-c3ccc(C(C)(C)C)cc3)cccc2[cH-]1.Cc1cc2c(-c3ccc(C(C)(C)C)cc3)cccc2[cH-]1.[Cl][Zr+2][Cl]. The Kier molecular flexibility index (Phi) is 14.9. The summed E-state index contributed by atoms with van der Waals surface area (Å²) in [4.78, 5) is 18.4. The maximum absolute atomic E-state index is 9.18. The molecule has 0 aromatic heterocycles. The van der Waals surface area contributed by atoms with Crippen LogP contribution in [-0.4, -0.2) is 18.2 Å². The van der Waals surface area contributed by atoms with E-state index in [1.54, 1.807) is 24.3 Å². The molecule has 0 atom stereocenters. The average Bonchev–Trinajstić information content (AvgIpc) is 3.69. The molecule has 7 aromatic carbocycles. The molecule has 6 heteroatoms. The summed E-state index contributed by atoms with van der Waals surface area (Å²) in [6.07, 6.45) is 0. The third kappa shape index (κ3) is 12.0. The van der Waals surface area contributed by atoms with Crippen LogP contribution in [0.1, 0.15) is 63.8 Å². The summed E-state index contributed by atoms with van der Waals surface area (Å²) in [6, 6.07) is 49.1. The minimum absolute atomic E-state index is 0.210. The van der Waals surface area contributed by atoms with Crippen LogP contribution in [-0.2, 0) is 31.7 Å². The van der Waals surface area contributed by atoms with Crippen molar-refractivity contribution in [3.8, 4) is 22.3 Å². The van der Waals surface area contributed by atoms with Crippen LogP contribution in [0.2, 0.25) is 6.55 Å². The third-order valence-electron chi connectivity index (χ3n) is 9.23. The molecule has 2 nitrogen and oxygen atoms in total. The van der Waals surface area contributed by atoms with Gasteiger partial charge in [-0.2, -0.15) is 12.1 Å². The van der Waals surface area contributed by atoms with Crippen molar-refractivity contribution in [2.75, 3.05) is 0 Å². The van der Waals surface area contributed by atoms with E-state index >= 15 is 0 Å². The van der Waals surface area contributed by atoms with Gasteiger partial charge in [0.05, 0.1) is 0 Å². The van der Waals surface area contributed by atoms with Crippen LogP contribution in [0.15, 0.2) is 140 Å². The van der Waals surface area contributed by atoms with Crippen molar-refractivity contribution in [1.82, 2.24) is 0 Å². The number of hydrogen-bond acceptors (Lipinski definition) is 2. The second-order valence-electron chi connectivity index (χ2n) is 15.8. The molecule has 0 saturated heterocycles. The second kappa shape index (κ2) is 18.5. The Bertz CT molecular complexity index is 2050. The van der Waals surface area contributed by atoms with Gasteiger partial charge in [-0.3, -0.25) is 0 Å². The first-order valence-corrected chi connectivity index (χ1v) is 26.7. The van der Waals surface area contributed by atoms with Crippen LogP contribution in [0.25, 0.3) is 43.8 Å². The van der Waals surface area contributed by atoms with Crippen molar-refractivity contribution < 1.29 is 30.4 Å². The molecule has 0 heterocycles. The molecule has 0 spiro atoms.